The van der Waals surface area contributed by atoms with Gasteiger partial charge in [0.05, 0.1) is 17.8 Å². The topological polar surface area (TPSA) is 52.7 Å². The monoisotopic (exact) mass is 369 g/mol. The summed E-state index contributed by atoms with van der Waals surface area (Å²) in [6.45, 7) is 4.25. The maximum atomic E-state index is 13.0. The first-order chi connectivity index (χ1) is 12.3. The molecule has 2 atom stereocenters. The fraction of sp³-hybridized carbons (Fsp3) is 0.556. The van der Waals surface area contributed by atoms with E-state index in [9.17, 15) is 22.8 Å². The highest BCUT2D eigenvalue weighted by Crippen LogP contribution is 2.39. The number of rotatable bonds is 4. The Bertz CT molecular complexity index is 685. The number of carbonyl (C=O) groups excluding carboxylic acids is 2. The molecule has 1 heterocycles. The SMILES string of the molecule is C[C@H]1C[C@H]1C(=O)N1CCN(CC(=O)Nc2ccccc2C(F)(F)F)CC1. The van der Waals surface area contributed by atoms with E-state index in [2.05, 4.69) is 12.2 Å². The number of nitrogens with zero attached hydrogens (tertiary/aromatic N) is 2. The van der Waals surface area contributed by atoms with Crippen LogP contribution in [0, 0.1) is 11.8 Å². The zero-order valence-electron chi connectivity index (χ0n) is 14.6. The van der Waals surface area contributed by atoms with Gasteiger partial charge in [-0.25, -0.2) is 0 Å². The first-order valence-corrected chi connectivity index (χ1v) is 8.73. The molecular weight excluding hydrogens is 347 g/mol. The lowest BCUT2D eigenvalue weighted by Crippen LogP contribution is -2.51. The summed E-state index contributed by atoms with van der Waals surface area (Å²) >= 11 is 0. The van der Waals surface area contributed by atoms with Gasteiger partial charge >= 0.3 is 6.18 Å². The molecule has 1 aliphatic carbocycles. The highest BCUT2D eigenvalue weighted by Gasteiger charge is 2.42. The molecule has 1 aromatic carbocycles. The van der Waals surface area contributed by atoms with Crippen molar-refractivity contribution >= 4 is 17.5 Å². The first-order valence-electron chi connectivity index (χ1n) is 8.73. The van der Waals surface area contributed by atoms with Crippen LogP contribution in [0.2, 0.25) is 0 Å². The number of amides is 2. The van der Waals surface area contributed by atoms with Crippen LogP contribution in [0.1, 0.15) is 18.9 Å². The van der Waals surface area contributed by atoms with Gasteiger partial charge in [-0.3, -0.25) is 14.5 Å². The molecule has 2 fully saturated rings. The first kappa shape index (κ1) is 18.7. The predicted octanol–water partition coefficient (Wildman–Crippen LogP) is 2.44. The standard InChI is InChI=1S/C18H22F3N3O2/c1-12-10-13(12)17(26)24-8-6-23(7-9-24)11-16(25)22-15-5-3-2-4-14(15)18(19,20)21/h2-5,12-13H,6-11H2,1H3,(H,22,25)/t12-,13+/m0/s1. The van der Waals surface area contributed by atoms with Gasteiger partial charge < -0.3 is 10.2 Å². The largest absolute Gasteiger partial charge is 0.418 e. The minimum absolute atomic E-state index is 0.00799. The minimum Gasteiger partial charge on any atom is -0.340 e. The molecule has 1 aromatic rings. The Balaban J connectivity index is 1.50. The van der Waals surface area contributed by atoms with Crippen LogP contribution in [0.25, 0.3) is 0 Å². The Hall–Kier alpha value is -2.09. The lowest BCUT2D eigenvalue weighted by atomic mass is 10.1. The van der Waals surface area contributed by atoms with Crippen molar-refractivity contribution in [2.75, 3.05) is 38.0 Å². The normalized spacial score (nSPS) is 23.6. The number of nitrogens with one attached hydrogen (secondary N) is 1. The molecule has 2 amide bonds. The summed E-state index contributed by atoms with van der Waals surface area (Å²) in [6, 6.07) is 4.93. The number of hydrogen-bond donors (Lipinski definition) is 1. The zero-order valence-corrected chi connectivity index (χ0v) is 14.6. The molecule has 5 nitrogen and oxygen atoms in total. The summed E-state index contributed by atoms with van der Waals surface area (Å²) < 4.78 is 38.9. The third kappa shape index (κ3) is 4.35. The fourth-order valence-electron chi connectivity index (χ4n) is 3.26. The second-order valence-corrected chi connectivity index (χ2v) is 7.01. The van der Waals surface area contributed by atoms with Crippen LogP contribution < -0.4 is 5.32 Å². The van der Waals surface area contributed by atoms with Crippen LogP contribution in [0.15, 0.2) is 24.3 Å². The van der Waals surface area contributed by atoms with Gasteiger partial charge in [-0.2, -0.15) is 13.2 Å². The van der Waals surface area contributed by atoms with Gasteiger partial charge in [0.15, 0.2) is 0 Å². The van der Waals surface area contributed by atoms with Crippen molar-refractivity contribution in [2.24, 2.45) is 11.8 Å². The Kier molecular flexibility index (Phi) is 5.22. The smallest absolute Gasteiger partial charge is 0.340 e. The van der Waals surface area contributed by atoms with Gasteiger partial charge in [0.1, 0.15) is 0 Å². The summed E-state index contributed by atoms with van der Waals surface area (Å²) in [5, 5.41) is 2.35. The molecule has 26 heavy (non-hydrogen) atoms. The number of piperazine rings is 1. The van der Waals surface area contributed by atoms with Gasteiger partial charge in [0.25, 0.3) is 0 Å². The van der Waals surface area contributed by atoms with E-state index in [1.807, 2.05) is 9.80 Å². The quantitative estimate of drug-likeness (QED) is 0.887. The van der Waals surface area contributed by atoms with E-state index in [1.54, 1.807) is 0 Å². The van der Waals surface area contributed by atoms with Crippen LogP contribution in [-0.4, -0.2) is 54.3 Å². The Labute approximate surface area is 150 Å². The Morgan fingerprint density at radius 1 is 1.15 bits per heavy atom. The van der Waals surface area contributed by atoms with E-state index in [-0.39, 0.29) is 24.1 Å². The molecular formula is C18H22F3N3O2. The lowest BCUT2D eigenvalue weighted by molar-refractivity contribution is -0.137. The van der Waals surface area contributed by atoms with Crippen molar-refractivity contribution in [3.63, 3.8) is 0 Å². The van der Waals surface area contributed by atoms with Crippen LogP contribution in [-0.2, 0) is 15.8 Å². The molecule has 1 aliphatic heterocycles. The molecule has 0 unspecified atom stereocenters. The number of alkyl halides is 3. The van der Waals surface area contributed by atoms with Crippen molar-refractivity contribution in [1.29, 1.82) is 0 Å². The van der Waals surface area contributed by atoms with Gasteiger partial charge in [0, 0.05) is 32.1 Å². The van der Waals surface area contributed by atoms with E-state index >= 15 is 0 Å². The highest BCUT2D eigenvalue weighted by atomic mass is 19.4. The van der Waals surface area contributed by atoms with Crippen molar-refractivity contribution in [1.82, 2.24) is 9.80 Å². The molecule has 8 heteroatoms. The Morgan fingerprint density at radius 3 is 2.35 bits per heavy atom. The van der Waals surface area contributed by atoms with Gasteiger partial charge in [-0.15, -0.1) is 0 Å². The van der Waals surface area contributed by atoms with Crippen molar-refractivity contribution < 1.29 is 22.8 Å². The summed E-state index contributed by atoms with van der Waals surface area (Å²) in [5.41, 5.74) is -1.09. The van der Waals surface area contributed by atoms with Crippen molar-refractivity contribution in [3.05, 3.63) is 29.8 Å². The van der Waals surface area contributed by atoms with Crippen molar-refractivity contribution in [3.8, 4) is 0 Å². The van der Waals surface area contributed by atoms with Gasteiger partial charge in [-0.1, -0.05) is 19.1 Å². The van der Waals surface area contributed by atoms with E-state index in [1.165, 1.54) is 18.2 Å². The van der Waals surface area contributed by atoms with Crippen LogP contribution in [0.5, 0.6) is 0 Å². The number of para-hydroxylation sites is 1. The molecule has 3 rings (SSSR count). The molecule has 1 saturated carbocycles. The third-order valence-corrected chi connectivity index (χ3v) is 4.98. The lowest BCUT2D eigenvalue weighted by Gasteiger charge is -2.34. The van der Waals surface area contributed by atoms with E-state index in [4.69, 9.17) is 0 Å². The molecule has 1 saturated heterocycles. The average molecular weight is 369 g/mol. The molecule has 0 bridgehead atoms. The number of hydrogen-bond acceptors (Lipinski definition) is 3. The molecule has 1 N–H and O–H groups in total. The summed E-state index contributed by atoms with van der Waals surface area (Å²) in [6.07, 6.45) is -3.57. The average Bonchev–Trinajstić information content (AvgIpc) is 3.31. The summed E-state index contributed by atoms with van der Waals surface area (Å²) in [5.74, 6) is 0.293. The minimum atomic E-state index is -4.52. The summed E-state index contributed by atoms with van der Waals surface area (Å²) in [4.78, 5) is 28.0. The maximum Gasteiger partial charge on any atom is 0.418 e. The van der Waals surface area contributed by atoms with Gasteiger partial charge in [0.2, 0.25) is 11.8 Å². The van der Waals surface area contributed by atoms with Crippen LogP contribution >= 0.6 is 0 Å². The zero-order chi connectivity index (χ0) is 18.9. The van der Waals surface area contributed by atoms with Crippen molar-refractivity contribution in [2.45, 2.75) is 19.5 Å². The third-order valence-electron chi connectivity index (χ3n) is 4.98. The number of anilines is 1. The highest BCUT2D eigenvalue weighted by molar-refractivity contribution is 5.93. The second-order valence-electron chi connectivity index (χ2n) is 7.01. The van der Waals surface area contributed by atoms with E-state index in [0.717, 1.165) is 12.5 Å². The Morgan fingerprint density at radius 2 is 1.77 bits per heavy atom. The molecule has 0 radical (unpaired) electrons. The number of halogens is 3. The van der Waals surface area contributed by atoms with Crippen LogP contribution in [0.4, 0.5) is 18.9 Å². The van der Waals surface area contributed by atoms with E-state index < -0.39 is 17.6 Å². The maximum absolute atomic E-state index is 13.0. The van der Waals surface area contributed by atoms with E-state index in [0.29, 0.717) is 32.1 Å². The van der Waals surface area contributed by atoms with Gasteiger partial charge in [-0.05, 0) is 24.5 Å². The predicted molar refractivity (Wildman–Crippen MR) is 90.4 cm³/mol. The fourth-order valence-corrected chi connectivity index (χ4v) is 3.26. The number of benzene rings is 1. The second kappa shape index (κ2) is 7.26. The summed E-state index contributed by atoms with van der Waals surface area (Å²) in [7, 11) is 0. The number of carbonyl (C=O) groups is 2. The molecule has 2 aliphatic rings. The molecule has 142 valence electrons. The van der Waals surface area contributed by atoms with Crippen LogP contribution in [0.3, 0.4) is 0 Å². The molecule has 0 aromatic heterocycles. The molecule has 0 spiro atoms.